The largest absolute Gasteiger partial charge is 0.476 e. The van der Waals surface area contributed by atoms with Crippen molar-refractivity contribution in [3.05, 3.63) is 18.1 Å². The molecule has 2 saturated heterocycles. The Hall–Kier alpha value is -1.73. The quantitative estimate of drug-likeness (QED) is 0.826. The van der Waals surface area contributed by atoms with Crippen molar-refractivity contribution >= 4 is 11.8 Å². The third-order valence-corrected chi connectivity index (χ3v) is 3.76. The molecule has 0 radical (unpaired) electrons. The van der Waals surface area contributed by atoms with Crippen LogP contribution in [-0.2, 0) is 4.74 Å². The molecule has 7 heteroatoms. The van der Waals surface area contributed by atoms with Crippen LogP contribution in [0.4, 0.5) is 5.82 Å². The molecule has 1 N–H and O–H groups in total. The number of hydrogen-bond acceptors (Lipinski definition) is 6. The average Bonchev–Trinajstić information content (AvgIpc) is 2.44. The number of aromatic nitrogens is 2. The SMILES string of the molecule is O=C(O)c1cncc(N2CCN(CC3COC3)CC2)n1. The standard InChI is InChI=1S/C13H18N4O3/c18-13(19)11-5-14-6-12(15-11)17-3-1-16(2-4-17)7-10-8-20-9-10/h5-6,10H,1-4,7-9H2,(H,18,19). The summed E-state index contributed by atoms with van der Waals surface area (Å²) in [6, 6.07) is 0. The predicted octanol–water partition coefficient (Wildman–Crippen LogP) is -0.0568. The van der Waals surface area contributed by atoms with E-state index in [9.17, 15) is 4.79 Å². The van der Waals surface area contributed by atoms with Crippen LogP contribution in [0, 0.1) is 5.92 Å². The summed E-state index contributed by atoms with van der Waals surface area (Å²) < 4.78 is 5.19. The zero-order chi connectivity index (χ0) is 13.9. The van der Waals surface area contributed by atoms with E-state index in [4.69, 9.17) is 9.84 Å². The maximum Gasteiger partial charge on any atom is 0.356 e. The molecular formula is C13H18N4O3. The number of anilines is 1. The van der Waals surface area contributed by atoms with Gasteiger partial charge in [-0.25, -0.2) is 9.78 Å². The Morgan fingerprint density at radius 3 is 2.65 bits per heavy atom. The van der Waals surface area contributed by atoms with Gasteiger partial charge in [0, 0.05) is 38.6 Å². The molecule has 0 bridgehead atoms. The maximum atomic E-state index is 10.9. The fourth-order valence-electron chi connectivity index (χ4n) is 2.53. The van der Waals surface area contributed by atoms with Gasteiger partial charge in [0.2, 0.25) is 0 Å². The van der Waals surface area contributed by atoms with Gasteiger partial charge < -0.3 is 14.7 Å². The molecule has 1 aromatic rings. The van der Waals surface area contributed by atoms with Gasteiger partial charge in [-0.2, -0.15) is 0 Å². The van der Waals surface area contributed by atoms with Gasteiger partial charge in [-0.3, -0.25) is 9.88 Å². The van der Waals surface area contributed by atoms with Crippen LogP contribution >= 0.6 is 0 Å². The minimum Gasteiger partial charge on any atom is -0.476 e. The number of hydrogen-bond donors (Lipinski definition) is 1. The highest BCUT2D eigenvalue weighted by Crippen LogP contribution is 2.16. The summed E-state index contributed by atoms with van der Waals surface area (Å²) in [6.07, 6.45) is 2.90. The lowest BCUT2D eigenvalue weighted by Gasteiger charge is -2.38. The average molecular weight is 278 g/mol. The van der Waals surface area contributed by atoms with Crippen LogP contribution in [0.25, 0.3) is 0 Å². The van der Waals surface area contributed by atoms with E-state index in [2.05, 4.69) is 19.8 Å². The second-order valence-electron chi connectivity index (χ2n) is 5.26. The van der Waals surface area contributed by atoms with Gasteiger partial charge in [0.15, 0.2) is 5.69 Å². The smallest absolute Gasteiger partial charge is 0.356 e. The molecule has 0 aromatic carbocycles. The molecule has 20 heavy (non-hydrogen) atoms. The number of aromatic carboxylic acids is 1. The third-order valence-electron chi connectivity index (χ3n) is 3.76. The van der Waals surface area contributed by atoms with Crippen LogP contribution in [0.1, 0.15) is 10.5 Å². The summed E-state index contributed by atoms with van der Waals surface area (Å²) >= 11 is 0. The molecule has 0 unspecified atom stereocenters. The minimum atomic E-state index is -1.04. The second kappa shape index (κ2) is 5.72. The van der Waals surface area contributed by atoms with E-state index in [0.717, 1.165) is 45.9 Å². The zero-order valence-corrected chi connectivity index (χ0v) is 11.2. The Labute approximate surface area is 117 Å². The second-order valence-corrected chi connectivity index (χ2v) is 5.26. The first kappa shape index (κ1) is 13.3. The van der Waals surface area contributed by atoms with Gasteiger partial charge in [-0.1, -0.05) is 0 Å². The maximum absolute atomic E-state index is 10.9. The highest BCUT2D eigenvalue weighted by Gasteiger charge is 2.25. The highest BCUT2D eigenvalue weighted by molar-refractivity contribution is 5.85. The molecule has 7 nitrogen and oxygen atoms in total. The summed E-state index contributed by atoms with van der Waals surface area (Å²) in [5.74, 6) is 0.288. The fraction of sp³-hybridized carbons (Fsp3) is 0.615. The lowest BCUT2D eigenvalue weighted by molar-refractivity contribution is -0.0469. The van der Waals surface area contributed by atoms with Crippen LogP contribution < -0.4 is 4.90 Å². The van der Waals surface area contributed by atoms with Crippen molar-refractivity contribution < 1.29 is 14.6 Å². The molecule has 2 aliphatic heterocycles. The summed E-state index contributed by atoms with van der Waals surface area (Å²) in [7, 11) is 0. The summed E-state index contributed by atoms with van der Waals surface area (Å²) in [5.41, 5.74) is -0.00320. The number of ether oxygens (including phenoxy) is 1. The highest BCUT2D eigenvalue weighted by atomic mass is 16.5. The number of carboxylic acids is 1. The van der Waals surface area contributed by atoms with Crippen molar-refractivity contribution in [1.82, 2.24) is 14.9 Å². The summed E-state index contributed by atoms with van der Waals surface area (Å²) in [6.45, 7) is 6.50. The molecular weight excluding hydrogens is 260 g/mol. The summed E-state index contributed by atoms with van der Waals surface area (Å²) in [5, 5.41) is 8.94. The van der Waals surface area contributed by atoms with Crippen LogP contribution in [0.3, 0.4) is 0 Å². The van der Waals surface area contributed by atoms with Crippen molar-refractivity contribution in [2.45, 2.75) is 0 Å². The molecule has 0 spiro atoms. The summed E-state index contributed by atoms with van der Waals surface area (Å²) in [4.78, 5) is 23.5. The van der Waals surface area contributed by atoms with Crippen LogP contribution in [0.15, 0.2) is 12.4 Å². The van der Waals surface area contributed by atoms with Gasteiger partial charge in [0.1, 0.15) is 5.82 Å². The normalized spacial score (nSPS) is 20.7. The fourth-order valence-corrected chi connectivity index (χ4v) is 2.53. The number of carbonyl (C=O) groups is 1. The van der Waals surface area contributed by atoms with Crippen molar-refractivity contribution in [3.8, 4) is 0 Å². The first-order valence-corrected chi connectivity index (χ1v) is 6.83. The van der Waals surface area contributed by atoms with Gasteiger partial charge in [-0.05, 0) is 0 Å². The molecule has 0 amide bonds. The van der Waals surface area contributed by atoms with E-state index in [-0.39, 0.29) is 5.69 Å². The number of rotatable bonds is 4. The molecule has 2 fully saturated rings. The lowest BCUT2D eigenvalue weighted by atomic mass is 10.1. The van der Waals surface area contributed by atoms with Crippen molar-refractivity contribution in [1.29, 1.82) is 0 Å². The van der Waals surface area contributed by atoms with E-state index < -0.39 is 5.97 Å². The molecule has 1 aromatic heterocycles. The molecule has 3 heterocycles. The van der Waals surface area contributed by atoms with Gasteiger partial charge >= 0.3 is 5.97 Å². The number of piperazine rings is 1. The molecule has 0 atom stereocenters. The van der Waals surface area contributed by atoms with Crippen molar-refractivity contribution in [2.24, 2.45) is 5.92 Å². The zero-order valence-electron chi connectivity index (χ0n) is 11.2. The van der Waals surface area contributed by atoms with Crippen LogP contribution in [-0.4, -0.2) is 71.9 Å². The Morgan fingerprint density at radius 2 is 2.05 bits per heavy atom. The third kappa shape index (κ3) is 2.88. The van der Waals surface area contributed by atoms with E-state index in [0.29, 0.717) is 11.7 Å². The van der Waals surface area contributed by atoms with E-state index >= 15 is 0 Å². The number of carboxylic acid groups (broad SMARTS) is 1. The van der Waals surface area contributed by atoms with Crippen molar-refractivity contribution in [2.75, 3.05) is 50.8 Å². The van der Waals surface area contributed by atoms with E-state index in [1.54, 1.807) is 6.20 Å². The Balaban J connectivity index is 1.57. The van der Waals surface area contributed by atoms with Crippen LogP contribution in [0.2, 0.25) is 0 Å². The Kier molecular flexibility index (Phi) is 3.79. The molecule has 0 saturated carbocycles. The molecule has 108 valence electrons. The Morgan fingerprint density at radius 1 is 1.30 bits per heavy atom. The van der Waals surface area contributed by atoms with Gasteiger partial charge in [0.25, 0.3) is 0 Å². The molecule has 3 rings (SSSR count). The van der Waals surface area contributed by atoms with Crippen LogP contribution in [0.5, 0.6) is 0 Å². The topological polar surface area (TPSA) is 78.8 Å². The van der Waals surface area contributed by atoms with E-state index in [1.807, 2.05) is 0 Å². The minimum absolute atomic E-state index is 0.00320. The van der Waals surface area contributed by atoms with Crippen molar-refractivity contribution in [3.63, 3.8) is 0 Å². The molecule has 0 aliphatic carbocycles. The first-order chi connectivity index (χ1) is 9.72. The first-order valence-electron chi connectivity index (χ1n) is 6.83. The number of nitrogens with zero attached hydrogens (tertiary/aromatic N) is 4. The Bertz CT molecular complexity index is 484. The van der Waals surface area contributed by atoms with E-state index in [1.165, 1.54) is 6.20 Å². The lowest BCUT2D eigenvalue weighted by Crippen LogP contribution is -2.50. The van der Waals surface area contributed by atoms with Gasteiger partial charge in [0.05, 0.1) is 25.6 Å². The van der Waals surface area contributed by atoms with Gasteiger partial charge in [-0.15, -0.1) is 0 Å². The monoisotopic (exact) mass is 278 g/mol. The molecule has 2 aliphatic rings. The predicted molar refractivity (Wildman–Crippen MR) is 72.0 cm³/mol.